The van der Waals surface area contributed by atoms with E-state index in [9.17, 15) is 18.4 Å². The van der Waals surface area contributed by atoms with Crippen LogP contribution in [0.15, 0.2) is 52.4 Å². The van der Waals surface area contributed by atoms with Crippen LogP contribution in [-0.4, -0.2) is 20.7 Å². The van der Waals surface area contributed by atoms with Crippen LogP contribution in [0.3, 0.4) is 0 Å². The van der Waals surface area contributed by atoms with E-state index in [1.54, 1.807) is 31.2 Å². The molecule has 5 nitrogen and oxygen atoms in total. The maximum absolute atomic E-state index is 14.3. The summed E-state index contributed by atoms with van der Waals surface area (Å²) in [5.41, 5.74) is 5.01. The molecule has 3 aromatic rings. The van der Waals surface area contributed by atoms with E-state index >= 15 is 0 Å². The van der Waals surface area contributed by atoms with Crippen LogP contribution < -0.4 is 11.3 Å². The lowest BCUT2D eigenvalue weighted by molar-refractivity contribution is -0.117. The van der Waals surface area contributed by atoms with Crippen LogP contribution >= 0.6 is 11.8 Å². The standard InChI is InChI=1S/C17H13F2N3O2S/c1-9(15(20)23)25-17-21-13-5-3-2-4-11(13)16(24)22(17)14-7-6-10(18)8-12(14)19/h2-9H,1H3,(H2,20,23). The molecule has 2 aromatic carbocycles. The number of hydrogen-bond acceptors (Lipinski definition) is 4. The van der Waals surface area contributed by atoms with Gasteiger partial charge in [0.25, 0.3) is 5.56 Å². The quantitative estimate of drug-likeness (QED) is 0.572. The van der Waals surface area contributed by atoms with Gasteiger partial charge in [-0.05, 0) is 31.2 Å². The number of fused-ring (bicyclic) bond motifs is 1. The van der Waals surface area contributed by atoms with Gasteiger partial charge in [-0.15, -0.1) is 0 Å². The van der Waals surface area contributed by atoms with E-state index in [0.29, 0.717) is 11.6 Å². The molecule has 0 spiro atoms. The zero-order valence-corrected chi connectivity index (χ0v) is 13.9. The number of para-hydroxylation sites is 1. The summed E-state index contributed by atoms with van der Waals surface area (Å²) in [7, 11) is 0. The van der Waals surface area contributed by atoms with E-state index in [1.165, 1.54) is 0 Å². The van der Waals surface area contributed by atoms with Crippen LogP contribution in [0.5, 0.6) is 0 Å². The third kappa shape index (κ3) is 3.25. The molecule has 0 saturated heterocycles. The van der Waals surface area contributed by atoms with Crippen molar-refractivity contribution in [2.45, 2.75) is 17.3 Å². The Balaban J connectivity index is 2.32. The first-order valence-corrected chi connectivity index (χ1v) is 8.19. The molecule has 8 heteroatoms. The van der Waals surface area contributed by atoms with Crippen molar-refractivity contribution in [3.63, 3.8) is 0 Å². The van der Waals surface area contributed by atoms with Gasteiger partial charge in [0.1, 0.15) is 11.6 Å². The van der Waals surface area contributed by atoms with Gasteiger partial charge in [0.15, 0.2) is 5.16 Å². The summed E-state index contributed by atoms with van der Waals surface area (Å²) in [4.78, 5) is 28.6. The van der Waals surface area contributed by atoms with Crippen LogP contribution in [0.25, 0.3) is 16.6 Å². The largest absolute Gasteiger partial charge is 0.369 e. The third-order valence-corrected chi connectivity index (χ3v) is 4.65. The highest BCUT2D eigenvalue weighted by Crippen LogP contribution is 2.26. The number of nitrogens with two attached hydrogens (primary N) is 1. The van der Waals surface area contributed by atoms with Crippen molar-refractivity contribution in [2.24, 2.45) is 5.73 Å². The number of nitrogens with zero attached hydrogens (tertiary/aromatic N) is 2. The number of thioether (sulfide) groups is 1. The molecule has 128 valence electrons. The van der Waals surface area contributed by atoms with E-state index in [-0.39, 0.29) is 16.2 Å². The molecule has 1 aromatic heterocycles. The van der Waals surface area contributed by atoms with Gasteiger partial charge in [-0.2, -0.15) is 0 Å². The first kappa shape index (κ1) is 17.1. The number of primary amides is 1. The van der Waals surface area contributed by atoms with Gasteiger partial charge in [0.2, 0.25) is 5.91 Å². The van der Waals surface area contributed by atoms with Crippen LogP contribution in [0.1, 0.15) is 6.92 Å². The summed E-state index contributed by atoms with van der Waals surface area (Å²) in [6, 6.07) is 9.46. The molecule has 3 rings (SSSR count). The number of hydrogen-bond donors (Lipinski definition) is 1. The molecule has 1 heterocycles. The number of rotatable bonds is 4. The predicted octanol–water partition coefficient (Wildman–Crippen LogP) is 2.63. The van der Waals surface area contributed by atoms with Gasteiger partial charge >= 0.3 is 0 Å². The van der Waals surface area contributed by atoms with Crippen molar-refractivity contribution < 1.29 is 13.6 Å². The van der Waals surface area contributed by atoms with E-state index in [1.807, 2.05) is 0 Å². The van der Waals surface area contributed by atoms with E-state index in [2.05, 4.69) is 4.98 Å². The molecular formula is C17H13F2N3O2S. The summed E-state index contributed by atoms with van der Waals surface area (Å²) in [6.45, 7) is 1.56. The van der Waals surface area contributed by atoms with Gasteiger partial charge in [0.05, 0.1) is 21.8 Å². The molecule has 0 aliphatic carbocycles. The Labute approximate surface area is 145 Å². The molecule has 0 aliphatic heterocycles. The van der Waals surface area contributed by atoms with Crippen LogP contribution in [0.2, 0.25) is 0 Å². The molecular weight excluding hydrogens is 348 g/mol. The minimum absolute atomic E-state index is 0.0977. The normalized spacial score (nSPS) is 12.3. The van der Waals surface area contributed by atoms with Crippen molar-refractivity contribution in [3.8, 4) is 5.69 Å². The van der Waals surface area contributed by atoms with E-state index in [0.717, 1.165) is 28.5 Å². The fraction of sp³-hybridized carbons (Fsp3) is 0.118. The maximum Gasteiger partial charge on any atom is 0.266 e. The van der Waals surface area contributed by atoms with Crippen LogP contribution in [0.4, 0.5) is 8.78 Å². The van der Waals surface area contributed by atoms with Crippen molar-refractivity contribution in [2.75, 3.05) is 0 Å². The Morgan fingerprint density at radius 1 is 1.24 bits per heavy atom. The van der Waals surface area contributed by atoms with Crippen molar-refractivity contribution in [1.29, 1.82) is 0 Å². The van der Waals surface area contributed by atoms with Crippen LogP contribution in [0, 0.1) is 11.6 Å². The summed E-state index contributed by atoms with van der Waals surface area (Å²) in [5, 5.41) is -0.314. The fourth-order valence-corrected chi connectivity index (χ4v) is 3.15. The average Bonchev–Trinajstić information content (AvgIpc) is 2.56. The summed E-state index contributed by atoms with van der Waals surface area (Å²) in [5.74, 6) is -2.27. The first-order chi connectivity index (χ1) is 11.9. The topological polar surface area (TPSA) is 78.0 Å². The Hall–Kier alpha value is -2.74. The SMILES string of the molecule is CC(Sc1nc2ccccc2c(=O)n1-c1ccc(F)cc1F)C(N)=O. The zero-order chi connectivity index (χ0) is 18.1. The van der Waals surface area contributed by atoms with Gasteiger partial charge in [-0.3, -0.25) is 14.2 Å². The third-order valence-electron chi connectivity index (χ3n) is 3.58. The molecule has 1 unspecified atom stereocenters. The minimum Gasteiger partial charge on any atom is -0.369 e. The highest BCUT2D eigenvalue weighted by atomic mass is 32.2. The monoisotopic (exact) mass is 361 g/mol. The number of carbonyl (C=O) groups excluding carboxylic acids is 1. The lowest BCUT2D eigenvalue weighted by Crippen LogP contribution is -2.27. The van der Waals surface area contributed by atoms with E-state index in [4.69, 9.17) is 5.73 Å². The Bertz CT molecular complexity index is 1040. The first-order valence-electron chi connectivity index (χ1n) is 7.31. The number of carbonyl (C=O) groups is 1. The Morgan fingerprint density at radius 2 is 1.96 bits per heavy atom. The number of aromatic nitrogens is 2. The molecule has 0 radical (unpaired) electrons. The van der Waals surface area contributed by atoms with Gasteiger partial charge in [-0.1, -0.05) is 23.9 Å². The predicted molar refractivity (Wildman–Crippen MR) is 91.8 cm³/mol. The van der Waals surface area contributed by atoms with E-state index < -0.39 is 28.4 Å². The van der Waals surface area contributed by atoms with Gasteiger partial charge in [0, 0.05) is 6.07 Å². The van der Waals surface area contributed by atoms with Crippen molar-refractivity contribution in [1.82, 2.24) is 9.55 Å². The number of halogens is 2. The molecule has 25 heavy (non-hydrogen) atoms. The second kappa shape index (κ2) is 6.64. The molecule has 2 N–H and O–H groups in total. The molecule has 0 aliphatic rings. The number of amides is 1. The average molecular weight is 361 g/mol. The summed E-state index contributed by atoms with van der Waals surface area (Å²) < 4.78 is 28.5. The lowest BCUT2D eigenvalue weighted by Gasteiger charge is -2.15. The number of benzene rings is 2. The van der Waals surface area contributed by atoms with Crippen LogP contribution in [-0.2, 0) is 4.79 Å². The lowest BCUT2D eigenvalue weighted by atomic mass is 10.2. The fourth-order valence-electron chi connectivity index (χ4n) is 2.28. The van der Waals surface area contributed by atoms with Gasteiger partial charge in [-0.25, -0.2) is 13.8 Å². The highest BCUT2D eigenvalue weighted by molar-refractivity contribution is 8.00. The second-order valence-electron chi connectivity index (χ2n) is 5.31. The Kier molecular flexibility index (Phi) is 4.54. The summed E-state index contributed by atoms with van der Waals surface area (Å²) in [6.07, 6.45) is 0. The molecule has 0 bridgehead atoms. The summed E-state index contributed by atoms with van der Waals surface area (Å²) >= 11 is 0.932. The van der Waals surface area contributed by atoms with Crippen molar-refractivity contribution in [3.05, 3.63) is 64.5 Å². The molecule has 1 amide bonds. The van der Waals surface area contributed by atoms with Crippen molar-refractivity contribution >= 4 is 28.6 Å². The molecule has 1 atom stereocenters. The minimum atomic E-state index is -0.909. The van der Waals surface area contributed by atoms with Gasteiger partial charge < -0.3 is 5.73 Å². The molecule has 0 saturated carbocycles. The smallest absolute Gasteiger partial charge is 0.266 e. The zero-order valence-electron chi connectivity index (χ0n) is 13.1. The Morgan fingerprint density at radius 3 is 2.64 bits per heavy atom. The second-order valence-corrected chi connectivity index (χ2v) is 6.62. The highest BCUT2D eigenvalue weighted by Gasteiger charge is 2.20. The maximum atomic E-state index is 14.3. The molecule has 0 fully saturated rings.